The number of hydrogen-bond acceptors (Lipinski definition) is 4. The predicted octanol–water partition coefficient (Wildman–Crippen LogP) is 1.45. The van der Waals surface area contributed by atoms with E-state index in [1.54, 1.807) is 0 Å². The molecule has 1 heterocycles. The van der Waals surface area contributed by atoms with E-state index < -0.39 is 5.91 Å². The molecule has 0 spiro atoms. The number of para-hydroxylation sites is 1. The van der Waals surface area contributed by atoms with Crippen molar-refractivity contribution in [2.75, 3.05) is 11.9 Å². The molecule has 0 saturated heterocycles. The molecule has 1 amide bonds. The number of nitrogens with two attached hydrogens (primary N) is 1. The summed E-state index contributed by atoms with van der Waals surface area (Å²) >= 11 is 1.39. The Balaban J connectivity index is 2.53. The second-order valence-electron chi connectivity index (χ2n) is 3.29. The third-order valence-corrected chi connectivity index (χ3v) is 3.55. The van der Waals surface area contributed by atoms with Crippen molar-refractivity contribution >= 4 is 23.4 Å². The first-order chi connectivity index (χ1) is 7.65. The lowest BCUT2D eigenvalue weighted by Crippen LogP contribution is -2.19. The topological polar surface area (TPSA) is 70.1 Å². The lowest BCUT2D eigenvalue weighted by Gasteiger charge is -2.13. The van der Waals surface area contributed by atoms with E-state index in [0.717, 1.165) is 10.6 Å². The van der Waals surface area contributed by atoms with Gasteiger partial charge in [-0.2, -0.15) is 5.26 Å². The smallest absolute Gasteiger partial charge is 0.262 e. The second kappa shape index (κ2) is 3.91. The number of rotatable bonds is 1. The van der Waals surface area contributed by atoms with Crippen molar-refractivity contribution in [1.29, 1.82) is 5.26 Å². The van der Waals surface area contributed by atoms with Gasteiger partial charge in [-0.15, -0.1) is 0 Å². The van der Waals surface area contributed by atoms with Gasteiger partial charge in [-0.25, -0.2) is 0 Å². The Morgan fingerprint density at radius 3 is 2.75 bits per heavy atom. The largest absolute Gasteiger partial charge is 0.365 e. The number of hydrogen-bond donors (Lipinski definition) is 1. The molecule has 0 aliphatic carbocycles. The Morgan fingerprint density at radius 1 is 1.50 bits per heavy atom. The molecule has 0 saturated carbocycles. The van der Waals surface area contributed by atoms with Crippen molar-refractivity contribution in [3.05, 3.63) is 34.9 Å². The average Bonchev–Trinajstić information content (AvgIpc) is 2.58. The minimum Gasteiger partial charge on any atom is -0.365 e. The summed E-state index contributed by atoms with van der Waals surface area (Å²) in [7, 11) is 1.81. The van der Waals surface area contributed by atoms with E-state index in [4.69, 9.17) is 11.0 Å². The van der Waals surface area contributed by atoms with E-state index in [0.29, 0.717) is 5.03 Å². The van der Waals surface area contributed by atoms with Gasteiger partial charge in [0.1, 0.15) is 16.7 Å². The van der Waals surface area contributed by atoms with Crippen LogP contribution in [0.25, 0.3) is 0 Å². The fraction of sp³-hybridized carbons (Fsp3) is 0.0909. The standard InChI is InChI=1S/C11H9N3OS/c1-14-8-4-2-3-5-9(8)16-11(14)7(6-12)10(13)15/h2-5H,1H3,(H2,13,15)/b11-7-. The number of primary amides is 1. The summed E-state index contributed by atoms with van der Waals surface area (Å²) < 4.78 is 0. The zero-order valence-corrected chi connectivity index (χ0v) is 9.41. The molecule has 1 aliphatic rings. The van der Waals surface area contributed by atoms with Gasteiger partial charge in [0, 0.05) is 11.9 Å². The third kappa shape index (κ3) is 1.53. The molecule has 5 heteroatoms. The van der Waals surface area contributed by atoms with E-state index in [9.17, 15) is 4.79 Å². The summed E-state index contributed by atoms with van der Waals surface area (Å²) in [5, 5.41) is 9.50. The summed E-state index contributed by atoms with van der Waals surface area (Å²) in [6, 6.07) is 9.56. The van der Waals surface area contributed by atoms with Gasteiger partial charge in [0.05, 0.1) is 5.69 Å². The molecule has 80 valence electrons. The molecule has 1 aliphatic heterocycles. The first-order valence-electron chi connectivity index (χ1n) is 4.60. The summed E-state index contributed by atoms with van der Waals surface area (Å²) in [4.78, 5) is 13.9. The maximum Gasteiger partial charge on any atom is 0.262 e. The number of carbonyl (C=O) groups is 1. The van der Waals surface area contributed by atoms with Crippen LogP contribution >= 0.6 is 11.8 Å². The molecule has 4 nitrogen and oxygen atoms in total. The Morgan fingerprint density at radius 2 is 2.19 bits per heavy atom. The lowest BCUT2D eigenvalue weighted by molar-refractivity contribution is -0.114. The first kappa shape index (κ1) is 10.6. The molecule has 0 unspecified atom stereocenters. The van der Waals surface area contributed by atoms with Crippen molar-refractivity contribution in [2.24, 2.45) is 5.73 Å². The minimum atomic E-state index is -0.690. The van der Waals surface area contributed by atoms with Crippen LogP contribution in [0, 0.1) is 11.3 Å². The molecule has 1 aromatic carbocycles. The van der Waals surface area contributed by atoms with Crippen LogP contribution in [0.1, 0.15) is 0 Å². The van der Waals surface area contributed by atoms with Gasteiger partial charge in [0.25, 0.3) is 5.91 Å². The average molecular weight is 231 g/mol. The normalized spacial score (nSPS) is 16.6. The number of carbonyl (C=O) groups excluding carboxylic acids is 1. The molecule has 2 N–H and O–H groups in total. The fourth-order valence-corrected chi connectivity index (χ4v) is 2.68. The molecular formula is C11H9N3OS. The van der Waals surface area contributed by atoms with Crippen LogP contribution in [0.4, 0.5) is 5.69 Å². The van der Waals surface area contributed by atoms with Crippen molar-refractivity contribution in [3.8, 4) is 6.07 Å². The zero-order valence-electron chi connectivity index (χ0n) is 8.60. The van der Waals surface area contributed by atoms with Gasteiger partial charge in [-0.1, -0.05) is 23.9 Å². The number of amides is 1. The number of benzene rings is 1. The first-order valence-corrected chi connectivity index (χ1v) is 5.41. The number of nitriles is 1. The molecule has 1 aromatic rings. The second-order valence-corrected chi connectivity index (χ2v) is 4.32. The molecule has 16 heavy (non-hydrogen) atoms. The Labute approximate surface area is 97.3 Å². The van der Waals surface area contributed by atoms with E-state index in [2.05, 4.69) is 0 Å². The Hall–Kier alpha value is -1.93. The molecule has 0 aromatic heterocycles. The fourth-order valence-electron chi connectivity index (χ4n) is 1.53. The van der Waals surface area contributed by atoms with Crippen molar-refractivity contribution in [1.82, 2.24) is 0 Å². The molecule has 2 rings (SSSR count). The highest BCUT2D eigenvalue weighted by Gasteiger charge is 2.26. The van der Waals surface area contributed by atoms with Crippen molar-refractivity contribution in [2.45, 2.75) is 4.90 Å². The minimum absolute atomic E-state index is 0.00343. The van der Waals surface area contributed by atoms with Gasteiger partial charge < -0.3 is 10.6 Å². The van der Waals surface area contributed by atoms with E-state index >= 15 is 0 Å². The van der Waals surface area contributed by atoms with Crippen LogP contribution < -0.4 is 10.6 Å². The lowest BCUT2D eigenvalue weighted by atomic mass is 10.2. The maximum absolute atomic E-state index is 11.1. The molecule has 0 atom stereocenters. The Kier molecular flexibility index (Phi) is 2.59. The molecule has 0 radical (unpaired) electrons. The molecule has 0 fully saturated rings. The van der Waals surface area contributed by atoms with Crippen LogP contribution in [0.3, 0.4) is 0 Å². The van der Waals surface area contributed by atoms with Crippen molar-refractivity contribution in [3.63, 3.8) is 0 Å². The van der Waals surface area contributed by atoms with E-state index in [-0.39, 0.29) is 5.57 Å². The zero-order chi connectivity index (χ0) is 11.7. The highest BCUT2D eigenvalue weighted by molar-refractivity contribution is 8.03. The van der Waals surface area contributed by atoms with Crippen LogP contribution in [-0.2, 0) is 4.79 Å². The van der Waals surface area contributed by atoms with Gasteiger partial charge in [-0.3, -0.25) is 4.79 Å². The van der Waals surface area contributed by atoms with Gasteiger partial charge >= 0.3 is 0 Å². The van der Waals surface area contributed by atoms with E-state index in [1.165, 1.54) is 11.8 Å². The predicted molar refractivity (Wildman–Crippen MR) is 62.5 cm³/mol. The number of fused-ring (bicyclic) bond motifs is 1. The number of nitrogens with zero attached hydrogens (tertiary/aromatic N) is 2. The van der Waals surface area contributed by atoms with Gasteiger partial charge in [0.15, 0.2) is 0 Å². The maximum atomic E-state index is 11.1. The number of thioether (sulfide) groups is 1. The quantitative estimate of drug-likeness (QED) is 0.586. The number of anilines is 1. The SMILES string of the molecule is CN1/C(=C(\C#N)C(N)=O)Sc2ccccc21. The van der Waals surface area contributed by atoms with Gasteiger partial charge in [0.2, 0.25) is 0 Å². The Bertz CT molecular complexity index is 530. The highest BCUT2D eigenvalue weighted by atomic mass is 32.2. The third-order valence-electron chi connectivity index (χ3n) is 2.31. The van der Waals surface area contributed by atoms with Crippen LogP contribution in [0.2, 0.25) is 0 Å². The monoisotopic (exact) mass is 231 g/mol. The summed E-state index contributed by atoms with van der Waals surface area (Å²) in [5.41, 5.74) is 6.15. The highest BCUT2D eigenvalue weighted by Crippen LogP contribution is 2.45. The molecular weight excluding hydrogens is 222 g/mol. The summed E-state index contributed by atoms with van der Waals surface area (Å²) in [5.74, 6) is -0.690. The van der Waals surface area contributed by atoms with Crippen LogP contribution in [0.15, 0.2) is 39.8 Å². The van der Waals surface area contributed by atoms with Gasteiger partial charge in [-0.05, 0) is 12.1 Å². The van der Waals surface area contributed by atoms with Crippen LogP contribution in [-0.4, -0.2) is 13.0 Å². The van der Waals surface area contributed by atoms with E-state index in [1.807, 2.05) is 42.3 Å². The van der Waals surface area contributed by atoms with Crippen LogP contribution in [0.5, 0.6) is 0 Å². The summed E-state index contributed by atoms with van der Waals surface area (Å²) in [6.45, 7) is 0. The van der Waals surface area contributed by atoms with Crippen molar-refractivity contribution < 1.29 is 4.79 Å². The molecule has 0 bridgehead atoms. The summed E-state index contributed by atoms with van der Waals surface area (Å²) in [6.07, 6.45) is 0.